The van der Waals surface area contributed by atoms with Gasteiger partial charge in [-0.25, -0.2) is 0 Å². The molecule has 1 atom stereocenters. The van der Waals surface area contributed by atoms with Crippen molar-refractivity contribution >= 4 is 0 Å². The molecule has 17 heavy (non-hydrogen) atoms. The summed E-state index contributed by atoms with van der Waals surface area (Å²) in [5, 5.41) is 3.63. The predicted octanol–water partition coefficient (Wildman–Crippen LogP) is 3.28. The molecule has 2 nitrogen and oxygen atoms in total. The average molecular weight is 240 g/mol. The highest BCUT2D eigenvalue weighted by Crippen LogP contribution is 2.20. The molecule has 2 heteroatoms. The summed E-state index contributed by atoms with van der Waals surface area (Å²) in [4.78, 5) is 2.50. The van der Waals surface area contributed by atoms with Crippen LogP contribution in [-0.4, -0.2) is 37.6 Å². The van der Waals surface area contributed by atoms with Gasteiger partial charge in [0.1, 0.15) is 0 Å². The lowest BCUT2D eigenvalue weighted by atomic mass is 9.90. The highest BCUT2D eigenvalue weighted by atomic mass is 15.1. The lowest BCUT2D eigenvalue weighted by Crippen LogP contribution is -2.37. The number of piperidine rings is 1. The predicted molar refractivity (Wildman–Crippen MR) is 76.4 cm³/mol. The molecule has 1 N–H and O–H groups in total. The minimum absolute atomic E-state index is 0.492. The first kappa shape index (κ1) is 15.0. The Morgan fingerprint density at radius 2 is 1.94 bits per heavy atom. The Kier molecular flexibility index (Phi) is 6.50. The van der Waals surface area contributed by atoms with Gasteiger partial charge in [0.05, 0.1) is 0 Å². The van der Waals surface area contributed by atoms with Crippen LogP contribution in [0.2, 0.25) is 0 Å². The van der Waals surface area contributed by atoms with Crippen LogP contribution >= 0.6 is 0 Å². The molecule has 0 radical (unpaired) electrons. The summed E-state index contributed by atoms with van der Waals surface area (Å²) < 4.78 is 0. The van der Waals surface area contributed by atoms with E-state index in [0.717, 1.165) is 6.04 Å². The van der Waals surface area contributed by atoms with Gasteiger partial charge in [-0.05, 0) is 64.2 Å². The quantitative estimate of drug-likeness (QED) is 0.766. The van der Waals surface area contributed by atoms with Crippen molar-refractivity contribution in [3.8, 4) is 0 Å². The number of nitrogens with one attached hydrogen (secondary N) is 1. The number of rotatable bonds is 6. The number of hydrogen-bond donors (Lipinski definition) is 1. The molecule has 0 aromatic heterocycles. The normalized spacial score (nSPS) is 22.1. The van der Waals surface area contributed by atoms with Crippen molar-refractivity contribution in [2.45, 2.75) is 65.3 Å². The first-order valence-electron chi connectivity index (χ1n) is 7.39. The third-order valence-electron chi connectivity index (χ3n) is 3.74. The molecule has 1 aliphatic heterocycles. The maximum Gasteiger partial charge on any atom is 0.00792 e. The van der Waals surface area contributed by atoms with Crippen LogP contribution in [-0.2, 0) is 0 Å². The Bertz CT molecular complexity index is 190. The van der Waals surface area contributed by atoms with Crippen LogP contribution in [0.1, 0.15) is 59.3 Å². The van der Waals surface area contributed by atoms with Gasteiger partial charge in [-0.15, -0.1) is 0 Å². The van der Waals surface area contributed by atoms with Crippen LogP contribution < -0.4 is 5.32 Å². The molecule has 0 aliphatic carbocycles. The molecular weight excluding hydrogens is 208 g/mol. The summed E-state index contributed by atoms with van der Waals surface area (Å²) in [6.07, 6.45) is 8.17. The van der Waals surface area contributed by atoms with Gasteiger partial charge >= 0.3 is 0 Å². The van der Waals surface area contributed by atoms with Gasteiger partial charge in [0.25, 0.3) is 0 Å². The van der Waals surface area contributed by atoms with Crippen molar-refractivity contribution in [3.05, 3.63) is 0 Å². The van der Waals surface area contributed by atoms with Crippen molar-refractivity contribution in [2.75, 3.05) is 26.7 Å². The number of hydrogen-bond acceptors (Lipinski definition) is 2. The summed E-state index contributed by atoms with van der Waals surface area (Å²) in [6, 6.07) is 0.786. The fourth-order valence-corrected chi connectivity index (χ4v) is 2.54. The Hall–Kier alpha value is -0.0800. The standard InChI is InChI=1S/C15H32N2/c1-15(2,3)10-7-12-17(4)13-9-14-8-5-6-11-16-14/h14,16H,5-13H2,1-4H3. The van der Waals surface area contributed by atoms with E-state index in [0.29, 0.717) is 5.41 Å². The first-order valence-corrected chi connectivity index (χ1v) is 7.39. The van der Waals surface area contributed by atoms with Gasteiger partial charge in [0, 0.05) is 6.04 Å². The van der Waals surface area contributed by atoms with Crippen molar-refractivity contribution in [3.63, 3.8) is 0 Å². The van der Waals surface area contributed by atoms with Gasteiger partial charge in [0.15, 0.2) is 0 Å². The van der Waals surface area contributed by atoms with Crippen LogP contribution in [0.5, 0.6) is 0 Å². The molecule has 1 saturated heterocycles. The lowest BCUT2D eigenvalue weighted by molar-refractivity contribution is 0.264. The molecule has 0 bridgehead atoms. The van der Waals surface area contributed by atoms with E-state index in [-0.39, 0.29) is 0 Å². The number of nitrogens with zero attached hydrogens (tertiary/aromatic N) is 1. The van der Waals surface area contributed by atoms with Gasteiger partial charge in [-0.3, -0.25) is 0 Å². The van der Waals surface area contributed by atoms with E-state index in [1.807, 2.05) is 0 Å². The molecule has 0 aromatic rings. The van der Waals surface area contributed by atoms with E-state index in [4.69, 9.17) is 0 Å². The molecule has 0 spiro atoms. The summed E-state index contributed by atoms with van der Waals surface area (Å²) in [6.45, 7) is 10.7. The van der Waals surface area contributed by atoms with E-state index in [1.165, 1.54) is 58.2 Å². The van der Waals surface area contributed by atoms with Crippen molar-refractivity contribution in [1.29, 1.82) is 0 Å². The minimum atomic E-state index is 0.492. The summed E-state index contributed by atoms with van der Waals surface area (Å²) in [5.41, 5.74) is 0.492. The molecule has 0 aromatic carbocycles. The van der Waals surface area contributed by atoms with Gasteiger partial charge < -0.3 is 10.2 Å². The maximum atomic E-state index is 3.63. The van der Waals surface area contributed by atoms with Gasteiger partial charge in [-0.1, -0.05) is 27.2 Å². The van der Waals surface area contributed by atoms with E-state index in [9.17, 15) is 0 Å². The third kappa shape index (κ3) is 7.77. The molecule has 1 rings (SSSR count). The Balaban J connectivity index is 2.02. The molecule has 0 saturated carbocycles. The Morgan fingerprint density at radius 3 is 2.53 bits per heavy atom. The van der Waals surface area contributed by atoms with E-state index in [2.05, 4.69) is 38.0 Å². The molecule has 102 valence electrons. The molecule has 1 unspecified atom stereocenters. The van der Waals surface area contributed by atoms with Crippen molar-refractivity contribution in [2.24, 2.45) is 5.41 Å². The van der Waals surface area contributed by atoms with Gasteiger partial charge in [0.2, 0.25) is 0 Å². The zero-order chi connectivity index (χ0) is 12.7. The first-order chi connectivity index (χ1) is 7.97. The van der Waals surface area contributed by atoms with Crippen LogP contribution in [0.4, 0.5) is 0 Å². The van der Waals surface area contributed by atoms with E-state index >= 15 is 0 Å². The summed E-state index contributed by atoms with van der Waals surface area (Å²) in [7, 11) is 2.27. The Labute approximate surface area is 108 Å². The second kappa shape index (κ2) is 7.38. The SMILES string of the molecule is CN(CCCC(C)(C)C)CCC1CCCCN1. The molecule has 1 fully saturated rings. The summed E-state index contributed by atoms with van der Waals surface area (Å²) in [5.74, 6) is 0. The van der Waals surface area contributed by atoms with E-state index < -0.39 is 0 Å². The average Bonchev–Trinajstić information content (AvgIpc) is 2.26. The second-order valence-corrected chi connectivity index (χ2v) is 6.90. The monoisotopic (exact) mass is 240 g/mol. The molecule has 1 heterocycles. The lowest BCUT2D eigenvalue weighted by Gasteiger charge is -2.26. The van der Waals surface area contributed by atoms with Crippen molar-refractivity contribution in [1.82, 2.24) is 10.2 Å². The van der Waals surface area contributed by atoms with Crippen LogP contribution in [0, 0.1) is 5.41 Å². The topological polar surface area (TPSA) is 15.3 Å². The zero-order valence-corrected chi connectivity index (χ0v) is 12.4. The van der Waals surface area contributed by atoms with Crippen LogP contribution in [0.15, 0.2) is 0 Å². The molecule has 1 aliphatic rings. The maximum absolute atomic E-state index is 3.63. The third-order valence-corrected chi connectivity index (χ3v) is 3.74. The molecule has 0 amide bonds. The highest BCUT2D eigenvalue weighted by molar-refractivity contribution is 4.73. The van der Waals surface area contributed by atoms with Crippen molar-refractivity contribution < 1.29 is 0 Å². The molecular formula is C15H32N2. The summed E-state index contributed by atoms with van der Waals surface area (Å²) >= 11 is 0. The fraction of sp³-hybridized carbons (Fsp3) is 1.00. The highest BCUT2D eigenvalue weighted by Gasteiger charge is 2.13. The second-order valence-electron chi connectivity index (χ2n) is 6.90. The minimum Gasteiger partial charge on any atom is -0.314 e. The Morgan fingerprint density at radius 1 is 1.18 bits per heavy atom. The fourth-order valence-electron chi connectivity index (χ4n) is 2.54. The zero-order valence-electron chi connectivity index (χ0n) is 12.4. The smallest absolute Gasteiger partial charge is 0.00792 e. The van der Waals surface area contributed by atoms with Crippen LogP contribution in [0.25, 0.3) is 0 Å². The van der Waals surface area contributed by atoms with Crippen LogP contribution in [0.3, 0.4) is 0 Å². The van der Waals surface area contributed by atoms with Gasteiger partial charge in [-0.2, -0.15) is 0 Å². The largest absolute Gasteiger partial charge is 0.314 e. The van der Waals surface area contributed by atoms with E-state index in [1.54, 1.807) is 0 Å².